The average Bonchev–Trinajstić information content (AvgIpc) is 2.26. The Morgan fingerprint density at radius 3 is 2.16 bits per heavy atom. The van der Waals surface area contributed by atoms with Crippen LogP contribution < -0.4 is 16.4 Å². The van der Waals surface area contributed by atoms with Gasteiger partial charge in [0.15, 0.2) is 0 Å². The molecule has 19 heavy (non-hydrogen) atoms. The molecule has 1 rings (SSSR count). The molecule has 0 aromatic carbocycles. The second-order valence-corrected chi connectivity index (χ2v) is 4.03. The van der Waals surface area contributed by atoms with Crippen LogP contribution in [0.5, 0.6) is 0 Å². The van der Waals surface area contributed by atoms with E-state index in [1.807, 2.05) is 0 Å². The number of halogens is 1. The predicted molar refractivity (Wildman–Crippen MR) is 66.8 cm³/mol. The first kappa shape index (κ1) is 14.7. The van der Waals surface area contributed by atoms with Gasteiger partial charge in [0.05, 0.1) is 23.7 Å². The monoisotopic (exact) mass is 286 g/mol. The van der Waals surface area contributed by atoms with E-state index in [1.54, 1.807) is 0 Å². The van der Waals surface area contributed by atoms with Crippen molar-refractivity contribution >= 4 is 35.2 Å². The molecule has 1 heterocycles. The summed E-state index contributed by atoms with van der Waals surface area (Å²) < 4.78 is 0. The molecule has 0 atom stereocenters. The molecule has 2 amide bonds. The van der Waals surface area contributed by atoms with Gasteiger partial charge in [-0.2, -0.15) is 0 Å². The Balaban J connectivity index is 3.11. The Morgan fingerprint density at radius 1 is 1.26 bits per heavy atom. The molecule has 0 saturated heterocycles. The van der Waals surface area contributed by atoms with Crippen LogP contribution in [0.4, 0.5) is 5.82 Å². The number of primary amides is 2. The number of aromatic nitrogens is 1. The van der Waals surface area contributed by atoms with Crippen molar-refractivity contribution in [3.8, 4) is 0 Å². The number of rotatable bonds is 6. The van der Waals surface area contributed by atoms with Gasteiger partial charge in [-0.15, -0.1) is 0 Å². The maximum Gasteiger partial charge on any atom is 0.337 e. The lowest BCUT2D eigenvalue weighted by atomic mass is 10.2. The lowest BCUT2D eigenvalue weighted by Crippen LogP contribution is -2.40. The third-order valence-electron chi connectivity index (χ3n) is 2.06. The number of carbonyl (C=O) groups excluding carboxylic acids is 2. The largest absolute Gasteiger partial charge is 0.478 e. The molecule has 0 fully saturated rings. The number of carboxylic acids is 1. The van der Waals surface area contributed by atoms with Crippen LogP contribution in [-0.4, -0.2) is 41.0 Å². The van der Waals surface area contributed by atoms with E-state index in [9.17, 15) is 14.4 Å². The van der Waals surface area contributed by atoms with Crippen LogP contribution >= 0.6 is 11.6 Å². The molecule has 1 aromatic rings. The maximum atomic E-state index is 10.9. The molecule has 9 heteroatoms. The lowest BCUT2D eigenvalue weighted by Gasteiger charge is -2.21. The van der Waals surface area contributed by atoms with Gasteiger partial charge in [0.25, 0.3) is 0 Å². The smallest absolute Gasteiger partial charge is 0.337 e. The molecular weight excluding hydrogens is 276 g/mol. The van der Waals surface area contributed by atoms with Gasteiger partial charge in [0, 0.05) is 6.20 Å². The SMILES string of the molecule is NC(=O)CN(CC(N)=O)c1ncc(C(=O)O)cc1Cl. The Labute approximate surface area is 112 Å². The van der Waals surface area contributed by atoms with E-state index >= 15 is 0 Å². The van der Waals surface area contributed by atoms with Gasteiger partial charge in [0.2, 0.25) is 11.8 Å². The van der Waals surface area contributed by atoms with Gasteiger partial charge >= 0.3 is 5.97 Å². The van der Waals surface area contributed by atoms with Gasteiger partial charge in [-0.05, 0) is 6.07 Å². The number of anilines is 1. The quantitative estimate of drug-likeness (QED) is 0.626. The Bertz CT molecular complexity index is 518. The van der Waals surface area contributed by atoms with Crippen LogP contribution in [0.15, 0.2) is 12.3 Å². The Kier molecular flexibility index (Phi) is 4.65. The second-order valence-electron chi connectivity index (χ2n) is 3.62. The van der Waals surface area contributed by atoms with Crippen LogP contribution in [0.1, 0.15) is 10.4 Å². The van der Waals surface area contributed by atoms with Crippen LogP contribution in [0.25, 0.3) is 0 Å². The van der Waals surface area contributed by atoms with E-state index < -0.39 is 17.8 Å². The number of nitrogens with two attached hydrogens (primary N) is 2. The molecule has 0 aliphatic carbocycles. The summed E-state index contributed by atoms with van der Waals surface area (Å²) in [5.74, 6) is -2.55. The fraction of sp³-hybridized carbons (Fsp3) is 0.200. The number of carbonyl (C=O) groups is 3. The van der Waals surface area contributed by atoms with E-state index in [4.69, 9.17) is 28.2 Å². The number of hydrogen-bond donors (Lipinski definition) is 3. The van der Waals surface area contributed by atoms with E-state index in [1.165, 1.54) is 4.90 Å². The normalized spacial score (nSPS) is 9.95. The van der Waals surface area contributed by atoms with E-state index in [0.717, 1.165) is 12.3 Å². The predicted octanol–water partition coefficient (Wildman–Crippen LogP) is -0.790. The average molecular weight is 287 g/mol. The highest BCUT2D eigenvalue weighted by Gasteiger charge is 2.18. The van der Waals surface area contributed by atoms with Crippen LogP contribution in [0.3, 0.4) is 0 Å². The van der Waals surface area contributed by atoms with Crippen molar-refractivity contribution < 1.29 is 19.5 Å². The van der Waals surface area contributed by atoms with Gasteiger partial charge in [-0.25, -0.2) is 9.78 Å². The molecule has 0 bridgehead atoms. The van der Waals surface area contributed by atoms with E-state index in [0.29, 0.717) is 0 Å². The standard InChI is InChI=1S/C10H11ClN4O4/c11-6-1-5(10(18)19)2-14-9(6)15(3-7(12)16)4-8(13)17/h1-2H,3-4H2,(H2,12,16)(H2,13,17)(H,18,19). The fourth-order valence-corrected chi connectivity index (χ4v) is 1.65. The van der Waals surface area contributed by atoms with Crippen molar-refractivity contribution in [1.82, 2.24) is 4.98 Å². The third-order valence-corrected chi connectivity index (χ3v) is 2.34. The molecule has 0 aliphatic heterocycles. The van der Waals surface area contributed by atoms with Crippen LogP contribution in [0, 0.1) is 0 Å². The first-order valence-corrected chi connectivity index (χ1v) is 5.39. The summed E-state index contributed by atoms with van der Waals surface area (Å²) in [6.45, 7) is -0.635. The summed E-state index contributed by atoms with van der Waals surface area (Å²) in [5, 5.41) is 8.74. The Morgan fingerprint density at radius 2 is 1.79 bits per heavy atom. The minimum atomic E-state index is -1.20. The van der Waals surface area contributed by atoms with Gasteiger partial charge < -0.3 is 21.5 Å². The molecular formula is C10H11ClN4O4. The van der Waals surface area contributed by atoms with Crippen LogP contribution in [-0.2, 0) is 9.59 Å². The van der Waals surface area contributed by atoms with Gasteiger partial charge in [0.1, 0.15) is 5.82 Å². The van der Waals surface area contributed by atoms with Crippen molar-refractivity contribution in [2.75, 3.05) is 18.0 Å². The number of nitrogens with zero attached hydrogens (tertiary/aromatic N) is 2. The van der Waals surface area contributed by atoms with E-state index in [-0.39, 0.29) is 29.5 Å². The minimum Gasteiger partial charge on any atom is -0.478 e. The van der Waals surface area contributed by atoms with Gasteiger partial charge in [-0.3, -0.25) is 9.59 Å². The summed E-state index contributed by atoms with van der Waals surface area (Å²) in [7, 11) is 0. The molecule has 8 nitrogen and oxygen atoms in total. The van der Waals surface area contributed by atoms with Crippen molar-refractivity contribution in [1.29, 1.82) is 0 Å². The summed E-state index contributed by atoms with van der Waals surface area (Å²) in [6, 6.07) is 1.15. The van der Waals surface area contributed by atoms with Crippen molar-refractivity contribution in [3.05, 3.63) is 22.8 Å². The zero-order valence-corrected chi connectivity index (χ0v) is 10.4. The summed E-state index contributed by atoms with van der Waals surface area (Å²) in [6.07, 6.45) is 1.05. The molecule has 0 radical (unpaired) electrons. The highest BCUT2D eigenvalue weighted by atomic mass is 35.5. The number of carboxylic acid groups (broad SMARTS) is 1. The molecule has 0 spiro atoms. The van der Waals surface area contributed by atoms with Crippen molar-refractivity contribution in [2.24, 2.45) is 11.5 Å². The molecule has 0 unspecified atom stereocenters. The zero-order valence-electron chi connectivity index (χ0n) is 9.67. The zero-order chi connectivity index (χ0) is 14.6. The topological polar surface area (TPSA) is 140 Å². The summed E-state index contributed by atoms with van der Waals surface area (Å²) >= 11 is 5.86. The molecule has 5 N–H and O–H groups in total. The third kappa shape index (κ3) is 4.11. The molecule has 0 aliphatic rings. The Hall–Kier alpha value is -2.35. The highest BCUT2D eigenvalue weighted by Crippen LogP contribution is 2.23. The fourth-order valence-electron chi connectivity index (χ4n) is 1.36. The van der Waals surface area contributed by atoms with Crippen molar-refractivity contribution in [3.63, 3.8) is 0 Å². The lowest BCUT2D eigenvalue weighted by molar-refractivity contribution is -0.117. The second kappa shape index (κ2) is 6.01. The number of aromatic carboxylic acids is 1. The first-order valence-electron chi connectivity index (χ1n) is 5.01. The van der Waals surface area contributed by atoms with Crippen LogP contribution in [0.2, 0.25) is 5.02 Å². The minimum absolute atomic E-state index is 0.0256. The molecule has 0 saturated carbocycles. The number of pyridine rings is 1. The maximum absolute atomic E-state index is 10.9. The van der Waals surface area contributed by atoms with Crippen molar-refractivity contribution in [2.45, 2.75) is 0 Å². The number of amides is 2. The molecule has 1 aromatic heterocycles. The summed E-state index contributed by atoms with van der Waals surface area (Å²) in [5.41, 5.74) is 9.96. The van der Waals surface area contributed by atoms with Gasteiger partial charge in [-0.1, -0.05) is 11.6 Å². The highest BCUT2D eigenvalue weighted by molar-refractivity contribution is 6.33. The van der Waals surface area contributed by atoms with E-state index in [2.05, 4.69) is 4.98 Å². The summed E-state index contributed by atoms with van der Waals surface area (Å²) in [4.78, 5) is 37.5. The first-order chi connectivity index (χ1) is 8.81. The number of hydrogen-bond acceptors (Lipinski definition) is 5. The molecule has 102 valence electrons.